The normalized spacial score (nSPS) is 10.5. The Morgan fingerprint density at radius 1 is 1.04 bits per heavy atom. The van der Waals surface area contributed by atoms with E-state index in [-0.39, 0.29) is 11.8 Å². The molecule has 3 aromatic rings. The molecule has 0 aliphatic rings. The van der Waals surface area contributed by atoms with Crippen molar-refractivity contribution in [3.63, 3.8) is 0 Å². The zero-order chi connectivity index (χ0) is 17.6. The summed E-state index contributed by atoms with van der Waals surface area (Å²) < 4.78 is 18.5. The first-order valence-electron chi connectivity index (χ1n) is 7.99. The summed E-state index contributed by atoms with van der Waals surface area (Å²) in [5.74, 6) is 0.381. The first-order valence-corrected chi connectivity index (χ1v) is 7.99. The highest BCUT2D eigenvalue weighted by Crippen LogP contribution is 2.15. The topological polar surface area (TPSA) is 45.5 Å². The molecule has 25 heavy (non-hydrogen) atoms. The monoisotopic (exact) mass is 338 g/mol. The molecule has 128 valence electrons. The Bertz CT molecular complexity index is 812. The van der Waals surface area contributed by atoms with Crippen LogP contribution in [0.15, 0.2) is 71.3 Å². The molecule has 1 N–H and O–H groups in total. The van der Waals surface area contributed by atoms with E-state index in [0.29, 0.717) is 18.8 Å². The molecule has 4 nitrogen and oxygen atoms in total. The molecule has 0 bridgehead atoms. The molecule has 0 radical (unpaired) electrons. The van der Waals surface area contributed by atoms with Crippen molar-refractivity contribution in [3.05, 3.63) is 89.6 Å². The predicted molar refractivity (Wildman–Crippen MR) is 94.6 cm³/mol. The van der Waals surface area contributed by atoms with Gasteiger partial charge in [-0.25, -0.2) is 9.18 Å². The Kier molecular flexibility index (Phi) is 5.14. The molecule has 0 spiro atoms. The average molecular weight is 338 g/mol. The van der Waals surface area contributed by atoms with Gasteiger partial charge in [0.15, 0.2) is 0 Å². The SMILES string of the molecule is Cc1ccc(NC(=O)N(Cc2ccc(F)cc2)Cc2ccco2)cc1. The summed E-state index contributed by atoms with van der Waals surface area (Å²) in [6.07, 6.45) is 1.57. The van der Waals surface area contributed by atoms with E-state index in [4.69, 9.17) is 4.42 Å². The number of rotatable bonds is 5. The largest absolute Gasteiger partial charge is 0.467 e. The molecule has 0 aliphatic heterocycles. The van der Waals surface area contributed by atoms with Crippen molar-refractivity contribution < 1.29 is 13.6 Å². The van der Waals surface area contributed by atoms with Gasteiger partial charge in [0.25, 0.3) is 0 Å². The van der Waals surface area contributed by atoms with Gasteiger partial charge >= 0.3 is 6.03 Å². The van der Waals surface area contributed by atoms with E-state index in [2.05, 4.69) is 5.32 Å². The second-order valence-corrected chi connectivity index (χ2v) is 5.86. The maximum absolute atomic E-state index is 13.1. The smallest absolute Gasteiger partial charge is 0.322 e. The second kappa shape index (κ2) is 7.66. The van der Waals surface area contributed by atoms with Gasteiger partial charge in [0.2, 0.25) is 0 Å². The molecule has 2 amide bonds. The number of halogens is 1. The molecule has 0 saturated heterocycles. The number of carbonyl (C=O) groups is 1. The van der Waals surface area contributed by atoms with E-state index < -0.39 is 0 Å². The van der Waals surface area contributed by atoms with Crippen LogP contribution in [0.3, 0.4) is 0 Å². The Labute approximate surface area is 145 Å². The molecule has 2 aromatic carbocycles. The van der Waals surface area contributed by atoms with Gasteiger partial charge in [-0.2, -0.15) is 0 Å². The quantitative estimate of drug-likeness (QED) is 0.714. The predicted octanol–water partition coefficient (Wildman–Crippen LogP) is 4.96. The Balaban J connectivity index is 1.75. The van der Waals surface area contributed by atoms with E-state index in [9.17, 15) is 9.18 Å². The van der Waals surface area contributed by atoms with Crippen molar-refractivity contribution >= 4 is 11.7 Å². The van der Waals surface area contributed by atoms with Crippen LogP contribution in [0.4, 0.5) is 14.9 Å². The standard InChI is InChI=1S/C20H19FN2O2/c1-15-4-10-18(11-5-15)22-20(24)23(14-19-3-2-12-25-19)13-16-6-8-17(21)9-7-16/h2-12H,13-14H2,1H3,(H,22,24). The first-order chi connectivity index (χ1) is 12.1. The third kappa shape index (κ3) is 4.70. The summed E-state index contributed by atoms with van der Waals surface area (Å²) in [5, 5.41) is 2.88. The van der Waals surface area contributed by atoms with Gasteiger partial charge in [0.1, 0.15) is 11.6 Å². The number of benzene rings is 2. The van der Waals surface area contributed by atoms with Gasteiger partial charge in [0.05, 0.1) is 12.8 Å². The summed E-state index contributed by atoms with van der Waals surface area (Å²) in [5.41, 5.74) is 2.68. The van der Waals surface area contributed by atoms with Gasteiger partial charge in [-0.3, -0.25) is 0 Å². The zero-order valence-electron chi connectivity index (χ0n) is 13.9. The molecule has 1 heterocycles. The fraction of sp³-hybridized carbons (Fsp3) is 0.150. The van der Waals surface area contributed by atoms with Gasteiger partial charge in [-0.05, 0) is 48.9 Å². The third-order valence-electron chi connectivity index (χ3n) is 3.80. The minimum Gasteiger partial charge on any atom is -0.467 e. The van der Waals surface area contributed by atoms with Crippen LogP contribution in [0.25, 0.3) is 0 Å². The zero-order valence-corrected chi connectivity index (χ0v) is 13.9. The third-order valence-corrected chi connectivity index (χ3v) is 3.80. The van der Waals surface area contributed by atoms with Crippen LogP contribution < -0.4 is 5.32 Å². The van der Waals surface area contributed by atoms with E-state index in [1.54, 1.807) is 29.4 Å². The van der Waals surface area contributed by atoms with Crippen LogP contribution in [0.5, 0.6) is 0 Å². The summed E-state index contributed by atoms with van der Waals surface area (Å²) >= 11 is 0. The molecule has 0 fully saturated rings. The minimum atomic E-state index is -0.301. The molecular formula is C20H19FN2O2. The first kappa shape index (κ1) is 16.8. The van der Waals surface area contributed by atoms with Crippen molar-refractivity contribution in [2.75, 3.05) is 5.32 Å². The van der Waals surface area contributed by atoms with Crippen LogP contribution in [-0.4, -0.2) is 10.9 Å². The Hall–Kier alpha value is -3.08. The lowest BCUT2D eigenvalue weighted by molar-refractivity contribution is 0.201. The number of aryl methyl sites for hydroxylation is 1. The van der Waals surface area contributed by atoms with Crippen molar-refractivity contribution in [2.45, 2.75) is 20.0 Å². The lowest BCUT2D eigenvalue weighted by atomic mass is 10.2. The summed E-state index contributed by atoms with van der Waals surface area (Å²) in [4.78, 5) is 14.3. The maximum Gasteiger partial charge on any atom is 0.322 e. The van der Waals surface area contributed by atoms with E-state index in [1.165, 1.54) is 12.1 Å². The molecular weight excluding hydrogens is 319 g/mol. The molecule has 0 atom stereocenters. The van der Waals surface area contributed by atoms with Crippen molar-refractivity contribution in [3.8, 4) is 0 Å². The maximum atomic E-state index is 13.1. The number of carbonyl (C=O) groups excluding carboxylic acids is 1. The van der Waals surface area contributed by atoms with Crippen molar-refractivity contribution in [1.82, 2.24) is 4.90 Å². The number of amides is 2. The summed E-state index contributed by atoms with van der Waals surface area (Å²) in [7, 11) is 0. The van der Waals surface area contributed by atoms with E-state index >= 15 is 0 Å². The minimum absolute atomic E-state index is 0.246. The molecule has 0 aliphatic carbocycles. The van der Waals surface area contributed by atoms with E-state index in [0.717, 1.165) is 16.8 Å². The Morgan fingerprint density at radius 3 is 2.40 bits per heavy atom. The van der Waals surface area contributed by atoms with Crippen LogP contribution >= 0.6 is 0 Å². The summed E-state index contributed by atoms with van der Waals surface area (Å²) in [6.45, 7) is 2.66. The average Bonchev–Trinajstić information content (AvgIpc) is 3.11. The highest BCUT2D eigenvalue weighted by atomic mass is 19.1. The highest BCUT2D eigenvalue weighted by Gasteiger charge is 2.16. The van der Waals surface area contributed by atoms with E-state index in [1.807, 2.05) is 37.3 Å². The Morgan fingerprint density at radius 2 is 1.76 bits per heavy atom. The highest BCUT2D eigenvalue weighted by molar-refractivity contribution is 5.89. The summed E-state index contributed by atoms with van der Waals surface area (Å²) in [6, 6.07) is 17.1. The fourth-order valence-electron chi connectivity index (χ4n) is 2.44. The molecule has 3 rings (SSSR count). The van der Waals surface area contributed by atoms with Crippen molar-refractivity contribution in [2.24, 2.45) is 0 Å². The lowest BCUT2D eigenvalue weighted by Gasteiger charge is -2.22. The molecule has 5 heteroatoms. The molecule has 1 aromatic heterocycles. The van der Waals surface area contributed by atoms with Crippen LogP contribution in [0, 0.1) is 12.7 Å². The van der Waals surface area contributed by atoms with Crippen LogP contribution in [-0.2, 0) is 13.1 Å². The number of nitrogens with zero attached hydrogens (tertiary/aromatic N) is 1. The number of hydrogen-bond acceptors (Lipinski definition) is 2. The number of nitrogens with one attached hydrogen (secondary N) is 1. The van der Waals surface area contributed by atoms with Crippen LogP contribution in [0.1, 0.15) is 16.9 Å². The number of hydrogen-bond donors (Lipinski definition) is 1. The number of urea groups is 1. The number of furan rings is 1. The molecule has 0 unspecified atom stereocenters. The second-order valence-electron chi connectivity index (χ2n) is 5.86. The van der Waals surface area contributed by atoms with Crippen molar-refractivity contribution in [1.29, 1.82) is 0 Å². The lowest BCUT2D eigenvalue weighted by Crippen LogP contribution is -2.34. The van der Waals surface area contributed by atoms with Crippen LogP contribution in [0.2, 0.25) is 0 Å². The van der Waals surface area contributed by atoms with Gasteiger partial charge in [0, 0.05) is 12.2 Å². The van der Waals surface area contributed by atoms with Gasteiger partial charge < -0.3 is 14.6 Å². The fourth-order valence-corrected chi connectivity index (χ4v) is 2.44. The van der Waals surface area contributed by atoms with Gasteiger partial charge in [-0.1, -0.05) is 29.8 Å². The molecule has 0 saturated carbocycles. The van der Waals surface area contributed by atoms with Gasteiger partial charge in [-0.15, -0.1) is 0 Å². The number of anilines is 1.